The topological polar surface area (TPSA) is 84.6 Å². The molecular formula is C25H29FN6O. The second kappa shape index (κ2) is 8.94. The number of nitrogens with zero attached hydrogens (tertiary/aromatic N) is 4. The molecule has 2 N–H and O–H groups in total. The standard InChI is InChI=1S/C25H29FN6O/c1-15(2)13-30-33-25(27-3)16-8-10-32(11-9-16)24-22-19(26)6-5-18(23(22)28-14-29-24)17-4-7-20-21(12-17)31-20/h4-7,12-16,25,27,31H,8-11H2,1-3H3/b30-13+. The number of aromatic nitrogens is 2. The van der Waals surface area contributed by atoms with E-state index in [2.05, 4.69) is 50.6 Å². The number of benzene rings is 2. The Bertz CT molecular complexity index is 1190. The molecule has 2 aliphatic heterocycles. The molecule has 2 aliphatic rings. The van der Waals surface area contributed by atoms with Crippen molar-refractivity contribution < 1.29 is 9.23 Å². The van der Waals surface area contributed by atoms with Crippen molar-refractivity contribution in [2.45, 2.75) is 32.9 Å². The van der Waals surface area contributed by atoms with E-state index in [0.717, 1.165) is 48.4 Å². The summed E-state index contributed by atoms with van der Waals surface area (Å²) in [6, 6.07) is 9.48. The largest absolute Gasteiger partial charge is 0.377 e. The number of hydrogen-bond donors (Lipinski definition) is 2. The second-order valence-corrected chi connectivity index (χ2v) is 9.04. The SMILES string of the molecule is CNC(O/N=C/C(C)C)C1CCN(c2ncnc3c(-c4ccc5c(c4)N5)ccc(F)c23)CC1. The first-order valence-electron chi connectivity index (χ1n) is 11.5. The van der Waals surface area contributed by atoms with E-state index in [9.17, 15) is 0 Å². The molecule has 0 amide bonds. The predicted molar refractivity (Wildman–Crippen MR) is 130 cm³/mol. The summed E-state index contributed by atoms with van der Waals surface area (Å²) in [5.74, 6) is 1.02. The Morgan fingerprint density at radius 2 is 2.00 bits per heavy atom. The number of oxime groups is 1. The average Bonchev–Trinajstić information content (AvgIpc) is 3.61. The van der Waals surface area contributed by atoms with Gasteiger partial charge < -0.3 is 15.1 Å². The van der Waals surface area contributed by atoms with Gasteiger partial charge in [0.05, 0.1) is 22.3 Å². The summed E-state index contributed by atoms with van der Waals surface area (Å²) >= 11 is 0. The maximum Gasteiger partial charge on any atom is 0.181 e. The van der Waals surface area contributed by atoms with Crippen molar-refractivity contribution in [1.82, 2.24) is 15.3 Å². The minimum Gasteiger partial charge on any atom is -0.377 e. The third-order valence-corrected chi connectivity index (χ3v) is 6.34. The fraction of sp³-hybridized carbons (Fsp3) is 0.400. The van der Waals surface area contributed by atoms with Gasteiger partial charge in [0, 0.05) is 30.8 Å². The zero-order valence-electron chi connectivity index (χ0n) is 19.2. The Hall–Kier alpha value is -3.26. The molecule has 0 saturated carbocycles. The van der Waals surface area contributed by atoms with Crippen molar-refractivity contribution in [2.24, 2.45) is 17.0 Å². The maximum atomic E-state index is 15.1. The molecule has 3 heterocycles. The van der Waals surface area contributed by atoms with Crippen LogP contribution < -0.4 is 15.5 Å². The van der Waals surface area contributed by atoms with Crippen LogP contribution in [-0.2, 0) is 4.84 Å². The number of halogens is 1. The van der Waals surface area contributed by atoms with Crippen LogP contribution >= 0.6 is 0 Å². The summed E-state index contributed by atoms with van der Waals surface area (Å²) in [4.78, 5) is 16.8. The van der Waals surface area contributed by atoms with Crippen LogP contribution in [0.4, 0.5) is 21.6 Å². The first kappa shape index (κ1) is 21.6. The van der Waals surface area contributed by atoms with E-state index in [1.165, 1.54) is 6.07 Å². The number of rotatable bonds is 7. The molecule has 7 nitrogen and oxygen atoms in total. The lowest BCUT2D eigenvalue weighted by atomic mass is 9.94. The van der Waals surface area contributed by atoms with Crippen LogP contribution in [0.25, 0.3) is 22.0 Å². The van der Waals surface area contributed by atoms with E-state index in [0.29, 0.717) is 28.6 Å². The van der Waals surface area contributed by atoms with Gasteiger partial charge in [-0.05, 0) is 55.6 Å². The highest BCUT2D eigenvalue weighted by molar-refractivity contribution is 6.02. The lowest BCUT2D eigenvalue weighted by molar-refractivity contribution is -0.00978. The van der Waals surface area contributed by atoms with Crippen LogP contribution in [0.15, 0.2) is 41.8 Å². The van der Waals surface area contributed by atoms with Crippen molar-refractivity contribution in [3.05, 3.63) is 42.5 Å². The summed E-state index contributed by atoms with van der Waals surface area (Å²) in [5.41, 5.74) is 4.82. The van der Waals surface area contributed by atoms with E-state index in [-0.39, 0.29) is 12.0 Å². The molecule has 1 fully saturated rings. The van der Waals surface area contributed by atoms with Gasteiger partial charge in [-0.15, -0.1) is 0 Å². The molecule has 3 aromatic rings. The minimum atomic E-state index is -0.296. The normalized spacial score (nSPS) is 16.8. The first-order chi connectivity index (χ1) is 16.0. The number of anilines is 3. The van der Waals surface area contributed by atoms with Crippen LogP contribution in [0, 0.1) is 17.7 Å². The molecule has 1 atom stereocenters. The Morgan fingerprint density at radius 1 is 1.18 bits per heavy atom. The highest BCUT2D eigenvalue weighted by Crippen LogP contribution is 2.43. The fourth-order valence-corrected chi connectivity index (χ4v) is 4.51. The van der Waals surface area contributed by atoms with Gasteiger partial charge >= 0.3 is 0 Å². The number of hydrogen-bond acceptors (Lipinski definition) is 7. The summed E-state index contributed by atoms with van der Waals surface area (Å²) in [5, 5.41) is 11.0. The van der Waals surface area contributed by atoms with Crippen LogP contribution in [0.5, 0.6) is 0 Å². The van der Waals surface area contributed by atoms with Gasteiger partial charge in [0.15, 0.2) is 6.23 Å². The van der Waals surface area contributed by atoms with Gasteiger partial charge in [0.2, 0.25) is 0 Å². The van der Waals surface area contributed by atoms with E-state index in [4.69, 9.17) is 4.84 Å². The molecule has 33 heavy (non-hydrogen) atoms. The highest BCUT2D eigenvalue weighted by Gasteiger charge is 2.29. The molecule has 8 heteroatoms. The summed E-state index contributed by atoms with van der Waals surface area (Å²) in [7, 11) is 1.89. The number of fused-ring (bicyclic) bond motifs is 2. The highest BCUT2D eigenvalue weighted by atomic mass is 19.1. The number of nitrogens with one attached hydrogen (secondary N) is 2. The molecule has 0 bridgehead atoms. The third-order valence-electron chi connectivity index (χ3n) is 6.34. The van der Waals surface area contributed by atoms with Gasteiger partial charge in [-0.2, -0.15) is 0 Å². The van der Waals surface area contributed by atoms with Gasteiger partial charge in [-0.25, -0.2) is 14.4 Å². The smallest absolute Gasteiger partial charge is 0.181 e. The van der Waals surface area contributed by atoms with Crippen LogP contribution in [0.1, 0.15) is 26.7 Å². The molecule has 2 aromatic carbocycles. The van der Waals surface area contributed by atoms with Crippen molar-refractivity contribution in [3.8, 4) is 11.1 Å². The van der Waals surface area contributed by atoms with Crippen LogP contribution in [0.2, 0.25) is 0 Å². The quantitative estimate of drug-likeness (QED) is 0.181. The van der Waals surface area contributed by atoms with Crippen molar-refractivity contribution in [2.75, 3.05) is 30.4 Å². The predicted octanol–water partition coefficient (Wildman–Crippen LogP) is 4.91. The maximum absolute atomic E-state index is 15.1. The molecule has 0 aliphatic carbocycles. The summed E-state index contributed by atoms with van der Waals surface area (Å²) in [6.45, 7) is 5.65. The Kier molecular flexibility index (Phi) is 5.85. The van der Waals surface area contributed by atoms with Gasteiger partial charge in [0.25, 0.3) is 0 Å². The van der Waals surface area contributed by atoms with Crippen LogP contribution in [0.3, 0.4) is 0 Å². The van der Waals surface area contributed by atoms with Gasteiger partial charge in [-0.3, -0.25) is 5.32 Å². The molecule has 5 rings (SSSR count). The monoisotopic (exact) mass is 448 g/mol. The average molecular weight is 449 g/mol. The van der Waals surface area contributed by atoms with Crippen molar-refractivity contribution in [1.29, 1.82) is 0 Å². The van der Waals surface area contributed by atoms with E-state index >= 15 is 4.39 Å². The molecule has 172 valence electrons. The first-order valence-corrected chi connectivity index (χ1v) is 11.5. The lowest BCUT2D eigenvalue weighted by Crippen LogP contribution is -2.43. The Balaban J connectivity index is 1.38. The molecular weight excluding hydrogens is 419 g/mol. The Labute approximate surface area is 193 Å². The fourth-order valence-electron chi connectivity index (χ4n) is 4.51. The van der Waals surface area contributed by atoms with E-state index < -0.39 is 0 Å². The van der Waals surface area contributed by atoms with E-state index in [1.54, 1.807) is 18.6 Å². The van der Waals surface area contributed by atoms with Crippen molar-refractivity contribution >= 4 is 34.3 Å². The third kappa shape index (κ3) is 4.35. The van der Waals surface area contributed by atoms with E-state index in [1.807, 2.05) is 19.2 Å². The lowest BCUT2D eigenvalue weighted by Gasteiger charge is -2.35. The van der Waals surface area contributed by atoms with Crippen molar-refractivity contribution in [3.63, 3.8) is 0 Å². The molecule has 1 saturated heterocycles. The Morgan fingerprint density at radius 3 is 2.73 bits per heavy atom. The second-order valence-electron chi connectivity index (χ2n) is 9.04. The zero-order valence-corrected chi connectivity index (χ0v) is 19.2. The van der Waals surface area contributed by atoms with Gasteiger partial charge in [-0.1, -0.05) is 25.1 Å². The summed E-state index contributed by atoms with van der Waals surface area (Å²) < 4.78 is 15.1. The minimum absolute atomic E-state index is 0.145. The molecule has 0 spiro atoms. The zero-order chi connectivity index (χ0) is 22.9. The number of piperidine rings is 1. The summed E-state index contributed by atoms with van der Waals surface area (Å²) in [6.07, 6.45) is 4.99. The van der Waals surface area contributed by atoms with Crippen LogP contribution in [-0.4, -0.2) is 42.5 Å². The molecule has 1 unspecified atom stereocenters. The molecule has 0 radical (unpaired) electrons. The molecule has 1 aromatic heterocycles. The van der Waals surface area contributed by atoms with Gasteiger partial charge in [0.1, 0.15) is 18.0 Å².